The third-order valence-corrected chi connectivity index (χ3v) is 8.84. The van der Waals surface area contributed by atoms with E-state index in [1.54, 1.807) is 35.7 Å². The van der Waals surface area contributed by atoms with Crippen LogP contribution in [0.25, 0.3) is 21.6 Å². The molecule has 5 aromatic rings. The van der Waals surface area contributed by atoms with Crippen LogP contribution in [0, 0.1) is 6.92 Å². The fourth-order valence-corrected chi connectivity index (χ4v) is 6.76. The van der Waals surface area contributed by atoms with Gasteiger partial charge in [0, 0.05) is 6.20 Å². The first kappa shape index (κ1) is 31.1. The van der Waals surface area contributed by atoms with Crippen LogP contribution < -0.4 is 19.1 Å². The van der Waals surface area contributed by atoms with Crippen LogP contribution in [-0.2, 0) is 9.59 Å². The van der Waals surface area contributed by atoms with E-state index in [9.17, 15) is 14.7 Å². The minimum absolute atomic E-state index is 0.0629. The number of unbranched alkanes of at least 4 members (excludes halogenated alkanes) is 2. The van der Waals surface area contributed by atoms with Crippen LogP contribution in [0.1, 0.15) is 63.0 Å². The first-order valence-corrected chi connectivity index (χ1v) is 16.4. The van der Waals surface area contributed by atoms with E-state index in [0.717, 1.165) is 24.0 Å². The third-order valence-electron chi connectivity index (χ3n) is 7.83. The van der Waals surface area contributed by atoms with Crippen molar-refractivity contribution in [3.05, 3.63) is 83.3 Å². The zero-order valence-electron chi connectivity index (χ0n) is 26.3. The average molecular weight is 641 g/mol. The summed E-state index contributed by atoms with van der Waals surface area (Å²) in [5.74, 6) is -0.194. The van der Waals surface area contributed by atoms with E-state index >= 15 is 0 Å². The van der Waals surface area contributed by atoms with Crippen LogP contribution in [0.5, 0.6) is 17.2 Å². The maximum absolute atomic E-state index is 14.0. The van der Waals surface area contributed by atoms with Crippen molar-refractivity contribution >= 4 is 49.8 Å². The molecule has 1 saturated heterocycles. The zero-order valence-corrected chi connectivity index (χ0v) is 27.1. The minimum Gasteiger partial charge on any atom is -0.505 e. The normalized spacial score (nSPS) is 16.1. The summed E-state index contributed by atoms with van der Waals surface area (Å²) in [6.07, 6.45) is 4.79. The van der Waals surface area contributed by atoms with Gasteiger partial charge in [-0.05, 0) is 75.2 Å². The van der Waals surface area contributed by atoms with E-state index in [-0.39, 0.29) is 11.3 Å². The molecule has 1 unspecified atom stereocenters. The summed E-state index contributed by atoms with van der Waals surface area (Å²) < 4.78 is 20.2. The Morgan fingerprint density at radius 2 is 1.76 bits per heavy atom. The predicted octanol–water partition coefficient (Wildman–Crippen LogP) is 7.25. The van der Waals surface area contributed by atoms with Gasteiger partial charge in [0.15, 0.2) is 22.4 Å². The lowest BCUT2D eigenvalue weighted by Gasteiger charge is -2.24. The molecule has 1 atom stereocenters. The van der Waals surface area contributed by atoms with Crippen LogP contribution in [0.2, 0.25) is 0 Å². The van der Waals surface area contributed by atoms with E-state index in [1.165, 1.54) is 16.2 Å². The maximum Gasteiger partial charge on any atom is 0.301 e. The number of rotatable bonds is 12. The summed E-state index contributed by atoms with van der Waals surface area (Å²) >= 11 is 1.27. The second-order valence-corrected chi connectivity index (χ2v) is 11.9. The number of Topliss-reactive ketones (excluding diaryl/α,β-unsaturated/α-hetero) is 1. The highest BCUT2D eigenvalue weighted by molar-refractivity contribution is 7.22. The van der Waals surface area contributed by atoms with Crippen molar-refractivity contribution in [2.75, 3.05) is 24.7 Å². The first-order chi connectivity index (χ1) is 22.4. The summed E-state index contributed by atoms with van der Waals surface area (Å²) in [4.78, 5) is 38.6. The summed E-state index contributed by atoms with van der Waals surface area (Å²) in [6.45, 7) is 9.11. The number of ketones is 1. The highest BCUT2D eigenvalue weighted by Gasteiger charge is 2.49. The number of benzene rings is 2. The number of ether oxygens (including phenoxy) is 3. The van der Waals surface area contributed by atoms with Crippen LogP contribution >= 0.6 is 11.3 Å². The highest BCUT2D eigenvalue weighted by Crippen LogP contribution is 2.46. The molecule has 0 radical (unpaired) electrons. The van der Waals surface area contributed by atoms with Gasteiger partial charge in [0.25, 0.3) is 5.78 Å². The second kappa shape index (κ2) is 13.2. The third kappa shape index (κ3) is 5.66. The fraction of sp³-hybridized carbons (Fsp3) is 0.314. The summed E-state index contributed by atoms with van der Waals surface area (Å²) in [6, 6.07) is 15.3. The number of nitrogens with zero attached hydrogens (tertiary/aromatic N) is 4. The van der Waals surface area contributed by atoms with Gasteiger partial charge in [-0.25, -0.2) is 9.97 Å². The first-order valence-electron chi connectivity index (χ1n) is 15.5. The quantitative estimate of drug-likeness (QED) is 0.0657. The SMILES string of the molecule is CCCCCOc1ccc(C2C(=C(O)c3c(C)nc4ccccn34)C(=O)C(=O)N2c2nc3ccc(OCC)cc3s2)cc1OCC. The molecule has 0 aliphatic carbocycles. The summed E-state index contributed by atoms with van der Waals surface area (Å²) in [5, 5.41) is 12.3. The number of imidazole rings is 1. The van der Waals surface area contributed by atoms with Crippen LogP contribution in [0.3, 0.4) is 0 Å². The molecule has 46 heavy (non-hydrogen) atoms. The van der Waals surface area contributed by atoms with Gasteiger partial charge < -0.3 is 19.3 Å². The Labute approximate surface area is 270 Å². The molecular weight excluding hydrogens is 604 g/mol. The number of hydrogen-bond donors (Lipinski definition) is 1. The van der Waals surface area contributed by atoms with Gasteiger partial charge >= 0.3 is 5.91 Å². The van der Waals surface area contributed by atoms with E-state index in [4.69, 9.17) is 19.2 Å². The number of thiazole rings is 1. The number of aliphatic hydroxyl groups is 1. The number of fused-ring (bicyclic) bond motifs is 2. The molecule has 1 aliphatic heterocycles. The topological polar surface area (TPSA) is 115 Å². The molecule has 0 bridgehead atoms. The Balaban J connectivity index is 1.53. The Kier molecular flexibility index (Phi) is 8.94. The van der Waals surface area contributed by atoms with Crippen molar-refractivity contribution in [1.29, 1.82) is 0 Å². The van der Waals surface area contributed by atoms with Gasteiger partial charge in [0.2, 0.25) is 0 Å². The van der Waals surface area contributed by atoms with Crippen molar-refractivity contribution in [1.82, 2.24) is 14.4 Å². The lowest BCUT2D eigenvalue weighted by molar-refractivity contribution is -0.132. The van der Waals surface area contributed by atoms with Gasteiger partial charge in [-0.1, -0.05) is 43.2 Å². The highest BCUT2D eigenvalue weighted by atomic mass is 32.1. The smallest absolute Gasteiger partial charge is 0.301 e. The maximum atomic E-state index is 14.0. The Hall–Kier alpha value is -4.90. The van der Waals surface area contributed by atoms with Gasteiger partial charge in [0.05, 0.1) is 47.3 Å². The number of carbonyl (C=O) groups is 2. The standard InChI is InChI=1S/C35H36N4O6S/c1-5-8-11-18-45-25-16-13-22(19-26(25)44-7-3)31-29(32(40)30-21(4)36-28-12-9-10-17-38(28)30)33(41)34(42)39(31)35-37-24-15-14-23(43-6-2)20-27(24)46-35/h9-10,12-17,19-20,31,40H,5-8,11,18H2,1-4H3. The largest absolute Gasteiger partial charge is 0.505 e. The molecule has 2 aromatic carbocycles. The Morgan fingerprint density at radius 3 is 2.54 bits per heavy atom. The van der Waals surface area contributed by atoms with Crippen LogP contribution in [-0.4, -0.2) is 51.0 Å². The molecule has 238 valence electrons. The molecule has 1 fully saturated rings. The van der Waals surface area contributed by atoms with Crippen molar-refractivity contribution in [2.45, 2.75) is 53.0 Å². The summed E-state index contributed by atoms with van der Waals surface area (Å²) in [7, 11) is 0. The molecule has 0 saturated carbocycles. The number of carbonyl (C=O) groups excluding carboxylic acids is 2. The predicted molar refractivity (Wildman–Crippen MR) is 178 cm³/mol. The van der Waals surface area contributed by atoms with E-state index in [0.29, 0.717) is 70.3 Å². The van der Waals surface area contributed by atoms with Crippen molar-refractivity contribution < 1.29 is 28.9 Å². The lowest BCUT2D eigenvalue weighted by Crippen LogP contribution is -2.29. The monoisotopic (exact) mass is 640 g/mol. The second-order valence-electron chi connectivity index (χ2n) is 10.9. The molecule has 3 aromatic heterocycles. The van der Waals surface area contributed by atoms with Gasteiger partial charge in [-0.2, -0.15) is 0 Å². The zero-order chi connectivity index (χ0) is 32.4. The molecule has 0 spiro atoms. The van der Waals surface area contributed by atoms with Crippen molar-refractivity contribution in [3.8, 4) is 17.2 Å². The Morgan fingerprint density at radius 1 is 0.935 bits per heavy atom. The number of anilines is 1. The molecular formula is C35H36N4O6S. The van der Waals surface area contributed by atoms with E-state index in [2.05, 4.69) is 11.9 Å². The van der Waals surface area contributed by atoms with E-state index in [1.807, 2.05) is 50.2 Å². The van der Waals surface area contributed by atoms with Crippen LogP contribution in [0.4, 0.5) is 5.13 Å². The number of pyridine rings is 1. The molecule has 10 nitrogen and oxygen atoms in total. The molecule has 1 N–H and O–H groups in total. The molecule has 6 rings (SSSR count). The van der Waals surface area contributed by atoms with Crippen molar-refractivity contribution in [3.63, 3.8) is 0 Å². The number of aromatic nitrogens is 3. The van der Waals surface area contributed by atoms with Gasteiger partial charge in [-0.3, -0.25) is 18.9 Å². The average Bonchev–Trinajstić information content (AvgIpc) is 3.70. The fourth-order valence-electron chi connectivity index (χ4n) is 5.74. The van der Waals surface area contributed by atoms with E-state index < -0.39 is 17.7 Å². The number of aliphatic hydroxyl groups excluding tert-OH is 1. The number of hydrogen-bond acceptors (Lipinski definition) is 9. The molecule has 4 heterocycles. The Bertz CT molecular complexity index is 1960. The lowest BCUT2D eigenvalue weighted by atomic mass is 9.96. The van der Waals surface area contributed by atoms with Crippen molar-refractivity contribution in [2.24, 2.45) is 0 Å². The molecule has 11 heteroatoms. The molecule has 1 aliphatic rings. The number of aryl methyl sites for hydroxylation is 1. The van der Waals surface area contributed by atoms with Gasteiger partial charge in [-0.15, -0.1) is 0 Å². The molecule has 1 amide bonds. The van der Waals surface area contributed by atoms with Crippen LogP contribution in [0.15, 0.2) is 66.4 Å². The number of amides is 1. The summed E-state index contributed by atoms with van der Waals surface area (Å²) in [5.41, 5.74) is 2.62. The van der Waals surface area contributed by atoms with Gasteiger partial charge in [0.1, 0.15) is 17.1 Å². The minimum atomic E-state index is -1.01.